The number of rotatable bonds is 6. The largest absolute Gasteiger partial charge is 0.389 e. The van der Waals surface area contributed by atoms with Gasteiger partial charge in [-0.05, 0) is 31.5 Å². The van der Waals surface area contributed by atoms with Crippen molar-refractivity contribution < 1.29 is 14.2 Å². The normalized spacial score (nSPS) is 12.5. The van der Waals surface area contributed by atoms with Gasteiger partial charge in [0.1, 0.15) is 5.82 Å². The summed E-state index contributed by atoms with van der Waals surface area (Å²) in [5, 5.41) is 12.3. The molecule has 90 valence electrons. The predicted octanol–water partition coefficient (Wildman–Crippen LogP) is 1.94. The second kappa shape index (κ2) is 6.45. The van der Waals surface area contributed by atoms with E-state index < -0.39 is 6.10 Å². The van der Waals surface area contributed by atoms with Crippen molar-refractivity contribution in [2.75, 3.05) is 25.1 Å². The second-order valence-electron chi connectivity index (χ2n) is 3.68. The van der Waals surface area contributed by atoms with Crippen LogP contribution in [0.5, 0.6) is 0 Å². The van der Waals surface area contributed by atoms with Crippen LogP contribution in [-0.2, 0) is 4.74 Å². The minimum absolute atomic E-state index is 0.261. The summed E-state index contributed by atoms with van der Waals surface area (Å²) in [5.41, 5.74) is 1.39. The molecule has 1 aromatic carbocycles. The molecule has 1 unspecified atom stereocenters. The Labute approximate surface area is 95.2 Å². The molecule has 0 saturated heterocycles. The van der Waals surface area contributed by atoms with E-state index in [1.807, 2.05) is 13.8 Å². The van der Waals surface area contributed by atoms with E-state index in [0.29, 0.717) is 12.3 Å². The molecule has 0 radical (unpaired) electrons. The Bertz CT molecular complexity index is 331. The SMILES string of the molecule is CCOCC(O)CNc1cc(C)ccc1F. The van der Waals surface area contributed by atoms with Gasteiger partial charge >= 0.3 is 0 Å². The maximum absolute atomic E-state index is 13.3. The fraction of sp³-hybridized carbons (Fsp3) is 0.500. The maximum Gasteiger partial charge on any atom is 0.146 e. The molecule has 0 aromatic heterocycles. The van der Waals surface area contributed by atoms with Crippen LogP contribution >= 0.6 is 0 Å². The van der Waals surface area contributed by atoms with Crippen LogP contribution in [0.15, 0.2) is 18.2 Å². The molecular weight excluding hydrogens is 209 g/mol. The number of ether oxygens (including phenoxy) is 1. The maximum atomic E-state index is 13.3. The van der Waals surface area contributed by atoms with E-state index >= 15 is 0 Å². The lowest BCUT2D eigenvalue weighted by Crippen LogP contribution is -2.25. The van der Waals surface area contributed by atoms with Crippen LogP contribution in [0.3, 0.4) is 0 Å². The van der Waals surface area contributed by atoms with Crippen LogP contribution in [0.1, 0.15) is 12.5 Å². The molecule has 1 aromatic rings. The van der Waals surface area contributed by atoms with Crippen LogP contribution in [0.25, 0.3) is 0 Å². The molecule has 0 heterocycles. The van der Waals surface area contributed by atoms with Crippen LogP contribution in [-0.4, -0.2) is 31.0 Å². The molecule has 0 bridgehead atoms. The lowest BCUT2D eigenvalue weighted by molar-refractivity contribution is 0.0495. The second-order valence-corrected chi connectivity index (χ2v) is 3.68. The Morgan fingerprint density at radius 2 is 2.25 bits per heavy atom. The number of aliphatic hydroxyl groups excluding tert-OH is 1. The van der Waals surface area contributed by atoms with Crippen molar-refractivity contribution in [3.63, 3.8) is 0 Å². The molecule has 16 heavy (non-hydrogen) atoms. The van der Waals surface area contributed by atoms with Crippen molar-refractivity contribution in [1.82, 2.24) is 0 Å². The van der Waals surface area contributed by atoms with E-state index in [1.54, 1.807) is 12.1 Å². The van der Waals surface area contributed by atoms with E-state index in [4.69, 9.17) is 4.74 Å². The molecule has 0 aliphatic rings. The third kappa shape index (κ3) is 4.16. The van der Waals surface area contributed by atoms with Gasteiger partial charge in [-0.2, -0.15) is 0 Å². The molecular formula is C12H18FNO2. The third-order valence-corrected chi connectivity index (χ3v) is 2.16. The summed E-state index contributed by atoms with van der Waals surface area (Å²) >= 11 is 0. The van der Waals surface area contributed by atoms with Crippen LogP contribution in [0, 0.1) is 12.7 Å². The molecule has 0 amide bonds. The quantitative estimate of drug-likeness (QED) is 0.780. The summed E-state index contributed by atoms with van der Waals surface area (Å²) < 4.78 is 18.4. The first-order valence-electron chi connectivity index (χ1n) is 5.39. The zero-order valence-electron chi connectivity index (χ0n) is 9.66. The molecule has 0 aliphatic carbocycles. The molecule has 3 nitrogen and oxygen atoms in total. The lowest BCUT2D eigenvalue weighted by Gasteiger charge is -2.13. The molecule has 1 rings (SSSR count). The van der Waals surface area contributed by atoms with Crippen molar-refractivity contribution >= 4 is 5.69 Å². The summed E-state index contributed by atoms with van der Waals surface area (Å²) in [4.78, 5) is 0. The highest BCUT2D eigenvalue weighted by atomic mass is 19.1. The van der Waals surface area contributed by atoms with Crippen LogP contribution in [0.2, 0.25) is 0 Å². The number of benzene rings is 1. The average Bonchev–Trinajstić information content (AvgIpc) is 2.27. The summed E-state index contributed by atoms with van der Waals surface area (Å²) in [5.74, 6) is -0.311. The fourth-order valence-electron chi connectivity index (χ4n) is 1.32. The van der Waals surface area contributed by atoms with Gasteiger partial charge in [-0.3, -0.25) is 0 Å². The smallest absolute Gasteiger partial charge is 0.146 e. The van der Waals surface area contributed by atoms with Gasteiger partial charge < -0.3 is 15.2 Å². The van der Waals surface area contributed by atoms with E-state index in [2.05, 4.69) is 5.32 Å². The predicted molar refractivity (Wildman–Crippen MR) is 62.1 cm³/mol. The van der Waals surface area contributed by atoms with Gasteiger partial charge in [-0.1, -0.05) is 6.07 Å². The topological polar surface area (TPSA) is 41.5 Å². The molecule has 0 spiro atoms. The van der Waals surface area contributed by atoms with Crippen molar-refractivity contribution in [3.05, 3.63) is 29.6 Å². The van der Waals surface area contributed by atoms with E-state index in [-0.39, 0.29) is 19.0 Å². The summed E-state index contributed by atoms with van der Waals surface area (Å²) in [6.45, 7) is 4.86. The first kappa shape index (κ1) is 12.9. The molecule has 0 aliphatic heterocycles. The Morgan fingerprint density at radius 3 is 2.94 bits per heavy atom. The van der Waals surface area contributed by atoms with Crippen molar-refractivity contribution in [2.45, 2.75) is 20.0 Å². The highest BCUT2D eigenvalue weighted by molar-refractivity contribution is 5.47. The third-order valence-electron chi connectivity index (χ3n) is 2.16. The van der Waals surface area contributed by atoms with Gasteiger partial charge in [0.2, 0.25) is 0 Å². The van der Waals surface area contributed by atoms with Gasteiger partial charge in [0, 0.05) is 13.2 Å². The number of nitrogens with one attached hydrogen (secondary N) is 1. The first-order valence-corrected chi connectivity index (χ1v) is 5.39. The summed E-state index contributed by atoms with van der Waals surface area (Å²) in [7, 11) is 0. The fourth-order valence-corrected chi connectivity index (χ4v) is 1.32. The molecule has 1 atom stereocenters. The standard InChI is InChI=1S/C12H18FNO2/c1-3-16-8-10(15)7-14-12-6-9(2)4-5-11(12)13/h4-6,10,14-15H,3,7-8H2,1-2H3. The van der Waals surface area contributed by atoms with Crippen LogP contribution < -0.4 is 5.32 Å². The Hall–Kier alpha value is -1.13. The monoisotopic (exact) mass is 227 g/mol. The Balaban J connectivity index is 2.44. The van der Waals surface area contributed by atoms with E-state index in [0.717, 1.165) is 5.56 Å². The number of hydrogen-bond acceptors (Lipinski definition) is 3. The highest BCUT2D eigenvalue weighted by Gasteiger charge is 2.06. The number of aliphatic hydroxyl groups is 1. The first-order chi connectivity index (χ1) is 7.63. The van der Waals surface area contributed by atoms with E-state index in [9.17, 15) is 9.50 Å². The Kier molecular flexibility index (Phi) is 5.22. The number of halogens is 1. The van der Waals surface area contributed by atoms with Gasteiger partial charge in [0.15, 0.2) is 0 Å². The van der Waals surface area contributed by atoms with Crippen molar-refractivity contribution in [2.24, 2.45) is 0 Å². The summed E-state index contributed by atoms with van der Waals surface area (Å²) in [6, 6.07) is 4.83. The van der Waals surface area contributed by atoms with Crippen LogP contribution in [0.4, 0.5) is 10.1 Å². The number of aryl methyl sites for hydroxylation is 1. The minimum atomic E-state index is -0.625. The van der Waals surface area contributed by atoms with Gasteiger partial charge in [0.25, 0.3) is 0 Å². The van der Waals surface area contributed by atoms with Crippen molar-refractivity contribution in [1.29, 1.82) is 0 Å². The molecule has 0 fully saturated rings. The van der Waals surface area contributed by atoms with Gasteiger partial charge in [0.05, 0.1) is 18.4 Å². The van der Waals surface area contributed by atoms with E-state index in [1.165, 1.54) is 6.07 Å². The van der Waals surface area contributed by atoms with Gasteiger partial charge in [-0.25, -0.2) is 4.39 Å². The average molecular weight is 227 g/mol. The lowest BCUT2D eigenvalue weighted by atomic mass is 10.2. The molecule has 2 N–H and O–H groups in total. The van der Waals surface area contributed by atoms with Crippen molar-refractivity contribution in [3.8, 4) is 0 Å². The highest BCUT2D eigenvalue weighted by Crippen LogP contribution is 2.15. The minimum Gasteiger partial charge on any atom is -0.389 e. The zero-order chi connectivity index (χ0) is 12.0. The number of anilines is 1. The Morgan fingerprint density at radius 1 is 1.50 bits per heavy atom. The summed E-state index contributed by atoms with van der Waals surface area (Å²) in [6.07, 6.45) is -0.625. The zero-order valence-corrected chi connectivity index (χ0v) is 9.66. The molecule has 4 heteroatoms. The number of hydrogen-bond donors (Lipinski definition) is 2. The van der Waals surface area contributed by atoms with Gasteiger partial charge in [-0.15, -0.1) is 0 Å². The molecule has 0 saturated carbocycles.